The number of hydrogen-bond acceptors (Lipinski definition) is 5. The van der Waals surface area contributed by atoms with Crippen molar-refractivity contribution in [3.63, 3.8) is 0 Å². The maximum atomic E-state index is 12.3. The molecule has 9 heteroatoms. The fourth-order valence-electron chi connectivity index (χ4n) is 1.75. The summed E-state index contributed by atoms with van der Waals surface area (Å²) in [5.74, 6) is 0.143. The monoisotopic (exact) mass is 401 g/mol. The molecule has 154 valence electrons. The molecule has 0 unspecified atom stereocenters. The molecular weight excluding hydrogens is 371 g/mol. The van der Waals surface area contributed by atoms with Gasteiger partial charge in [-0.25, -0.2) is 9.59 Å². The number of ether oxygens (including phenoxy) is 2. The minimum absolute atomic E-state index is 0.0186. The molecule has 0 rings (SSSR count). The Balaban J connectivity index is 4.54. The highest BCUT2D eigenvalue weighted by atomic mass is 32.2. The van der Waals surface area contributed by atoms with Crippen molar-refractivity contribution in [1.29, 1.82) is 0 Å². The number of alkyl carbamates (subject to hydrolysis) is 1. The van der Waals surface area contributed by atoms with Crippen molar-refractivity contribution in [3.8, 4) is 0 Å². The van der Waals surface area contributed by atoms with E-state index < -0.39 is 41.9 Å². The Morgan fingerprint density at radius 1 is 0.962 bits per heavy atom. The lowest BCUT2D eigenvalue weighted by molar-refractivity contribution is -0.157. The van der Waals surface area contributed by atoms with Gasteiger partial charge in [0, 0.05) is 6.42 Å². The first-order valence-corrected chi connectivity index (χ1v) is 9.61. The fraction of sp³-hybridized carbons (Fsp3) is 0.882. The molecule has 0 spiro atoms. The van der Waals surface area contributed by atoms with Gasteiger partial charge in [0.05, 0.1) is 0 Å². The summed E-state index contributed by atoms with van der Waals surface area (Å²) < 4.78 is 46.7. The lowest BCUT2D eigenvalue weighted by Crippen LogP contribution is -2.46. The first-order valence-electron chi connectivity index (χ1n) is 8.46. The molecule has 0 aliphatic rings. The second-order valence-corrected chi connectivity index (χ2v) is 9.08. The Bertz CT molecular complexity index is 456. The maximum Gasteiger partial charge on any atom is 0.408 e. The normalized spacial score (nSPS) is 13.9. The number of amides is 1. The van der Waals surface area contributed by atoms with E-state index in [1.165, 1.54) is 11.8 Å². The number of halogens is 3. The number of alkyl halides is 3. The van der Waals surface area contributed by atoms with Crippen LogP contribution in [-0.2, 0) is 14.3 Å². The van der Waals surface area contributed by atoms with E-state index in [0.29, 0.717) is 11.5 Å². The molecule has 1 amide bonds. The van der Waals surface area contributed by atoms with E-state index in [9.17, 15) is 22.8 Å². The smallest absolute Gasteiger partial charge is 0.408 e. The molecule has 26 heavy (non-hydrogen) atoms. The summed E-state index contributed by atoms with van der Waals surface area (Å²) in [6.45, 7) is 10.2. The van der Waals surface area contributed by atoms with Crippen molar-refractivity contribution in [2.75, 3.05) is 11.5 Å². The standard InChI is InChI=1S/C17H30F3NO4S/c1-15(2,3)24-13(22)12(21-14(23)25-16(4,5)6)8-11-26-10-7-9-17(18,19)20/h12H,7-11H2,1-6H3,(H,21,23)/t12-/m0/s1. The molecule has 0 radical (unpaired) electrons. The first-order chi connectivity index (χ1) is 11.6. The van der Waals surface area contributed by atoms with Crippen molar-refractivity contribution in [2.45, 2.75) is 84.2 Å². The zero-order chi connectivity index (χ0) is 20.6. The van der Waals surface area contributed by atoms with Gasteiger partial charge in [0.25, 0.3) is 0 Å². The van der Waals surface area contributed by atoms with Gasteiger partial charge < -0.3 is 14.8 Å². The van der Waals surface area contributed by atoms with Gasteiger partial charge in [-0.3, -0.25) is 0 Å². The highest BCUT2D eigenvalue weighted by Crippen LogP contribution is 2.23. The van der Waals surface area contributed by atoms with Crippen LogP contribution < -0.4 is 5.32 Å². The second-order valence-electron chi connectivity index (χ2n) is 7.85. The van der Waals surface area contributed by atoms with Gasteiger partial charge in [0.15, 0.2) is 0 Å². The van der Waals surface area contributed by atoms with E-state index in [2.05, 4.69) is 5.32 Å². The van der Waals surface area contributed by atoms with E-state index in [1.54, 1.807) is 41.5 Å². The molecule has 0 bridgehead atoms. The molecule has 5 nitrogen and oxygen atoms in total. The largest absolute Gasteiger partial charge is 0.458 e. The zero-order valence-corrected chi connectivity index (χ0v) is 17.1. The third kappa shape index (κ3) is 15.2. The Kier molecular flexibility index (Phi) is 9.83. The third-order valence-electron chi connectivity index (χ3n) is 2.68. The molecule has 0 fully saturated rings. The quantitative estimate of drug-likeness (QED) is 0.472. The van der Waals surface area contributed by atoms with Gasteiger partial charge in [-0.1, -0.05) is 0 Å². The summed E-state index contributed by atoms with van der Waals surface area (Å²) in [7, 11) is 0. The molecule has 0 aromatic carbocycles. The summed E-state index contributed by atoms with van der Waals surface area (Å²) in [5, 5.41) is 2.48. The second kappa shape index (κ2) is 10.3. The Labute approximate surface area is 157 Å². The molecule has 0 heterocycles. The van der Waals surface area contributed by atoms with Crippen LogP contribution >= 0.6 is 11.8 Å². The average Bonchev–Trinajstić information content (AvgIpc) is 2.35. The SMILES string of the molecule is CC(C)(C)OC(=O)N[C@@H](CCSCCCC(F)(F)F)C(=O)OC(C)(C)C. The molecule has 0 aliphatic carbocycles. The molecule has 0 aliphatic heterocycles. The van der Waals surface area contributed by atoms with Crippen LogP contribution in [0.25, 0.3) is 0 Å². The van der Waals surface area contributed by atoms with Crippen molar-refractivity contribution in [1.82, 2.24) is 5.32 Å². The van der Waals surface area contributed by atoms with Crippen molar-refractivity contribution in [3.05, 3.63) is 0 Å². The van der Waals surface area contributed by atoms with E-state index in [4.69, 9.17) is 9.47 Å². The summed E-state index contributed by atoms with van der Waals surface area (Å²) in [5.41, 5.74) is -1.43. The van der Waals surface area contributed by atoms with Crippen molar-refractivity contribution in [2.24, 2.45) is 0 Å². The highest BCUT2D eigenvalue weighted by molar-refractivity contribution is 7.99. The molecule has 1 atom stereocenters. The number of thioether (sulfide) groups is 1. The van der Waals surface area contributed by atoms with Crippen LogP contribution in [0.1, 0.15) is 60.8 Å². The Morgan fingerprint density at radius 3 is 1.96 bits per heavy atom. The van der Waals surface area contributed by atoms with Crippen LogP contribution in [0.4, 0.5) is 18.0 Å². The van der Waals surface area contributed by atoms with Crippen molar-refractivity contribution < 1.29 is 32.2 Å². The molecule has 0 saturated carbocycles. The average molecular weight is 401 g/mol. The van der Waals surface area contributed by atoms with Crippen LogP contribution in [0.5, 0.6) is 0 Å². The predicted octanol–water partition coefficient (Wildman–Crippen LogP) is 4.69. The molecular formula is C17H30F3NO4S. The van der Waals surface area contributed by atoms with Gasteiger partial charge in [0.2, 0.25) is 0 Å². The number of esters is 1. The van der Waals surface area contributed by atoms with Gasteiger partial charge in [-0.15, -0.1) is 0 Å². The topological polar surface area (TPSA) is 64.6 Å². The Morgan fingerprint density at radius 2 is 1.50 bits per heavy atom. The van der Waals surface area contributed by atoms with Gasteiger partial charge >= 0.3 is 18.2 Å². The summed E-state index contributed by atoms with van der Waals surface area (Å²) >= 11 is 1.30. The Hall–Kier alpha value is -1.12. The lowest BCUT2D eigenvalue weighted by atomic mass is 10.1. The number of hydrogen-bond donors (Lipinski definition) is 1. The molecule has 0 saturated heterocycles. The molecule has 0 aromatic rings. The van der Waals surface area contributed by atoms with Crippen LogP contribution in [0, 0.1) is 0 Å². The van der Waals surface area contributed by atoms with Crippen LogP contribution in [0.15, 0.2) is 0 Å². The van der Waals surface area contributed by atoms with Crippen LogP contribution in [-0.4, -0.2) is 47.0 Å². The van der Waals surface area contributed by atoms with E-state index in [-0.39, 0.29) is 12.8 Å². The molecule has 0 aromatic heterocycles. The summed E-state index contributed by atoms with van der Waals surface area (Å²) in [6.07, 6.45) is -5.46. The van der Waals surface area contributed by atoms with E-state index in [0.717, 1.165) is 0 Å². The van der Waals surface area contributed by atoms with Crippen molar-refractivity contribution >= 4 is 23.8 Å². The van der Waals surface area contributed by atoms with E-state index in [1.807, 2.05) is 0 Å². The third-order valence-corrected chi connectivity index (χ3v) is 3.78. The van der Waals surface area contributed by atoms with Gasteiger partial charge in [0.1, 0.15) is 17.2 Å². The highest BCUT2D eigenvalue weighted by Gasteiger charge is 2.29. The fourth-order valence-corrected chi connectivity index (χ4v) is 2.70. The summed E-state index contributed by atoms with van der Waals surface area (Å²) in [6, 6.07) is -0.917. The number of rotatable bonds is 8. The zero-order valence-electron chi connectivity index (χ0n) is 16.3. The minimum atomic E-state index is -4.15. The van der Waals surface area contributed by atoms with Gasteiger partial charge in [-0.05, 0) is 65.9 Å². The number of nitrogens with one attached hydrogen (secondary N) is 1. The first kappa shape index (κ1) is 24.9. The van der Waals surface area contributed by atoms with Crippen LogP contribution in [0.3, 0.4) is 0 Å². The number of carbonyl (C=O) groups excluding carboxylic acids is 2. The maximum absolute atomic E-state index is 12.3. The predicted molar refractivity (Wildman–Crippen MR) is 96.2 cm³/mol. The summed E-state index contributed by atoms with van der Waals surface area (Å²) in [4.78, 5) is 24.2. The minimum Gasteiger partial charge on any atom is -0.458 e. The molecule has 1 N–H and O–H groups in total. The van der Waals surface area contributed by atoms with E-state index >= 15 is 0 Å². The number of carbonyl (C=O) groups is 2. The lowest BCUT2D eigenvalue weighted by Gasteiger charge is -2.26. The van der Waals surface area contributed by atoms with Crippen LogP contribution in [0.2, 0.25) is 0 Å². The van der Waals surface area contributed by atoms with Gasteiger partial charge in [-0.2, -0.15) is 24.9 Å².